The summed E-state index contributed by atoms with van der Waals surface area (Å²) in [7, 11) is -9.92. The van der Waals surface area contributed by atoms with Gasteiger partial charge < -0.3 is 33.8 Å². The molecule has 19 heteroatoms. The van der Waals surface area contributed by atoms with Crippen LogP contribution in [0.1, 0.15) is 439 Å². The zero-order valence-corrected chi connectivity index (χ0v) is 67.8. The fourth-order valence-electron chi connectivity index (χ4n) is 12.8. The molecular weight excluding hydrogens is 1320 g/mol. The van der Waals surface area contributed by atoms with Gasteiger partial charge in [0.05, 0.1) is 26.4 Å². The van der Waals surface area contributed by atoms with Crippen molar-refractivity contribution in [1.29, 1.82) is 0 Å². The van der Waals surface area contributed by atoms with Crippen LogP contribution in [0.3, 0.4) is 0 Å². The molecule has 0 radical (unpaired) electrons. The van der Waals surface area contributed by atoms with E-state index in [-0.39, 0.29) is 25.7 Å². The van der Waals surface area contributed by atoms with E-state index < -0.39 is 97.5 Å². The smallest absolute Gasteiger partial charge is 0.462 e. The summed E-state index contributed by atoms with van der Waals surface area (Å²) < 4.78 is 68.8. The fourth-order valence-corrected chi connectivity index (χ4v) is 14.3. The molecule has 0 aromatic rings. The minimum absolute atomic E-state index is 0.108. The zero-order chi connectivity index (χ0) is 74.1. The van der Waals surface area contributed by atoms with E-state index >= 15 is 0 Å². The number of hydrogen-bond acceptors (Lipinski definition) is 15. The summed E-state index contributed by atoms with van der Waals surface area (Å²) in [5.41, 5.74) is 0. The molecule has 0 fully saturated rings. The number of aliphatic hydroxyl groups excluding tert-OH is 1. The summed E-state index contributed by atoms with van der Waals surface area (Å²) in [6.07, 6.45) is 66.4. The van der Waals surface area contributed by atoms with E-state index in [1.165, 1.54) is 263 Å². The van der Waals surface area contributed by atoms with Crippen molar-refractivity contribution < 1.29 is 80.2 Å². The maximum atomic E-state index is 13.1. The van der Waals surface area contributed by atoms with Gasteiger partial charge in [0, 0.05) is 25.7 Å². The van der Waals surface area contributed by atoms with E-state index in [9.17, 15) is 43.2 Å². The van der Waals surface area contributed by atoms with Gasteiger partial charge in [-0.05, 0) is 31.6 Å². The highest BCUT2D eigenvalue weighted by molar-refractivity contribution is 7.47. The number of unbranched alkanes of at least 4 members (excludes halogenated alkanes) is 54. The first-order chi connectivity index (χ1) is 49.0. The highest BCUT2D eigenvalue weighted by Crippen LogP contribution is 2.45. The monoisotopic (exact) mass is 1480 g/mol. The van der Waals surface area contributed by atoms with Crippen LogP contribution in [-0.4, -0.2) is 96.7 Å². The highest BCUT2D eigenvalue weighted by Gasteiger charge is 2.30. The Morgan fingerprint density at radius 2 is 0.455 bits per heavy atom. The van der Waals surface area contributed by atoms with Crippen molar-refractivity contribution in [1.82, 2.24) is 0 Å². The average Bonchev–Trinajstić information content (AvgIpc) is 0.944. The summed E-state index contributed by atoms with van der Waals surface area (Å²) in [5, 5.41) is 10.7. The van der Waals surface area contributed by atoms with Crippen LogP contribution in [0.4, 0.5) is 0 Å². The van der Waals surface area contributed by atoms with Crippen LogP contribution in [0.5, 0.6) is 0 Å². The molecule has 0 aromatic carbocycles. The van der Waals surface area contributed by atoms with Crippen molar-refractivity contribution in [2.45, 2.75) is 457 Å². The summed E-state index contributed by atoms with van der Waals surface area (Å²) in [6.45, 7) is 7.36. The number of phosphoric ester groups is 2. The SMILES string of the molecule is CCCCCCCCCCCCCCCCCCCC(=O)O[C@H](COC(=O)CCCCCCCCCCCCCCCCCC)COP(=O)(O)OC[C@@H](O)COP(=O)(O)OC[C@@H](COC(=O)CCCCCCCCCCCCCCC)OC(=O)CCCCCCCCCCCCCCC(C)C. The highest BCUT2D eigenvalue weighted by atomic mass is 31.2. The van der Waals surface area contributed by atoms with E-state index in [2.05, 4.69) is 34.6 Å². The predicted molar refractivity (Wildman–Crippen MR) is 414 cm³/mol. The Hall–Kier alpha value is -1.94. The quantitative estimate of drug-likeness (QED) is 0.0222. The molecule has 0 saturated carbocycles. The van der Waals surface area contributed by atoms with Gasteiger partial charge in [-0.3, -0.25) is 37.3 Å². The Balaban J connectivity index is 5.27. The number of hydrogen-bond donors (Lipinski definition) is 3. The molecule has 0 aliphatic carbocycles. The Morgan fingerprint density at radius 3 is 0.673 bits per heavy atom. The molecule has 0 aliphatic rings. The van der Waals surface area contributed by atoms with E-state index in [1.54, 1.807) is 0 Å². The number of carbonyl (C=O) groups is 4. The van der Waals surface area contributed by atoms with Gasteiger partial charge in [-0.1, -0.05) is 388 Å². The number of ether oxygens (including phenoxy) is 4. The van der Waals surface area contributed by atoms with Crippen LogP contribution in [-0.2, 0) is 65.4 Å². The lowest BCUT2D eigenvalue weighted by Crippen LogP contribution is -2.30. The summed E-state index contributed by atoms with van der Waals surface area (Å²) in [4.78, 5) is 73.1. The van der Waals surface area contributed by atoms with Crippen molar-refractivity contribution >= 4 is 39.5 Å². The molecule has 3 N–H and O–H groups in total. The fraction of sp³-hybridized carbons (Fsp3) is 0.951. The van der Waals surface area contributed by atoms with Gasteiger partial charge in [-0.2, -0.15) is 0 Å². The van der Waals surface area contributed by atoms with Gasteiger partial charge >= 0.3 is 39.5 Å². The molecule has 2 unspecified atom stereocenters. The molecular formula is C82H160O17P2. The topological polar surface area (TPSA) is 237 Å². The van der Waals surface area contributed by atoms with Gasteiger partial charge in [0.25, 0.3) is 0 Å². The minimum Gasteiger partial charge on any atom is -0.462 e. The summed E-state index contributed by atoms with van der Waals surface area (Å²) >= 11 is 0. The largest absolute Gasteiger partial charge is 0.472 e. The third kappa shape index (κ3) is 76.1. The van der Waals surface area contributed by atoms with E-state index in [1.807, 2.05) is 0 Å². The van der Waals surface area contributed by atoms with Crippen molar-refractivity contribution in [3.05, 3.63) is 0 Å². The van der Waals surface area contributed by atoms with E-state index in [4.69, 9.17) is 37.0 Å². The van der Waals surface area contributed by atoms with Gasteiger partial charge in [-0.15, -0.1) is 0 Å². The Bertz CT molecular complexity index is 1930. The van der Waals surface area contributed by atoms with Gasteiger partial charge in [0.15, 0.2) is 12.2 Å². The van der Waals surface area contributed by atoms with Crippen LogP contribution in [0, 0.1) is 5.92 Å². The molecule has 0 heterocycles. The van der Waals surface area contributed by atoms with Crippen molar-refractivity contribution in [3.63, 3.8) is 0 Å². The lowest BCUT2D eigenvalue weighted by molar-refractivity contribution is -0.161. The molecule has 17 nitrogen and oxygen atoms in total. The molecule has 0 rings (SSSR count). The Labute approximate surface area is 619 Å². The molecule has 5 atom stereocenters. The number of phosphoric acid groups is 2. The van der Waals surface area contributed by atoms with Gasteiger partial charge in [-0.25, -0.2) is 9.13 Å². The molecule has 0 saturated heterocycles. The van der Waals surface area contributed by atoms with Crippen LogP contribution >= 0.6 is 15.6 Å². The summed E-state index contributed by atoms with van der Waals surface area (Å²) in [5.74, 6) is -1.32. The number of rotatable bonds is 82. The molecule has 101 heavy (non-hydrogen) atoms. The lowest BCUT2D eigenvalue weighted by atomic mass is 10.0. The Morgan fingerprint density at radius 1 is 0.267 bits per heavy atom. The molecule has 600 valence electrons. The molecule has 0 amide bonds. The molecule has 0 aliphatic heterocycles. The number of aliphatic hydroxyl groups is 1. The predicted octanol–water partition coefficient (Wildman–Crippen LogP) is 24.8. The van der Waals surface area contributed by atoms with E-state index in [0.29, 0.717) is 25.7 Å². The normalized spacial score (nSPS) is 13.8. The summed E-state index contributed by atoms with van der Waals surface area (Å²) in [6, 6.07) is 0. The van der Waals surface area contributed by atoms with Crippen LogP contribution < -0.4 is 0 Å². The average molecular weight is 1480 g/mol. The van der Waals surface area contributed by atoms with Gasteiger partial charge in [0.2, 0.25) is 0 Å². The maximum absolute atomic E-state index is 13.1. The van der Waals surface area contributed by atoms with Crippen LogP contribution in [0.15, 0.2) is 0 Å². The standard InChI is InChI=1S/C82H160O17P2/c1-6-9-12-15-18-21-24-27-29-31-33-36-42-47-52-57-62-67-81(86)98-77(72-93-80(85)66-61-56-51-46-41-35-32-30-28-25-22-19-16-13-10-7-2)73-96-100(88,89)94-69-76(83)70-95-101(90,91)97-74-78(71-92-79(84)65-60-55-50-45-40-34-26-23-20-17-14-11-8-3)99-82(87)68-63-58-53-48-43-38-37-39-44-49-54-59-64-75(4)5/h75-78,83H,6-74H2,1-5H3,(H,88,89)(H,90,91)/t76-,77-,78-/m1/s1. The number of carbonyl (C=O) groups excluding carboxylic acids is 4. The van der Waals surface area contributed by atoms with Crippen molar-refractivity contribution in [2.24, 2.45) is 5.92 Å². The molecule has 0 aromatic heterocycles. The van der Waals surface area contributed by atoms with Crippen molar-refractivity contribution in [2.75, 3.05) is 39.6 Å². The Kier molecular flexibility index (Phi) is 73.5. The van der Waals surface area contributed by atoms with Crippen LogP contribution in [0.25, 0.3) is 0 Å². The van der Waals surface area contributed by atoms with Crippen molar-refractivity contribution in [3.8, 4) is 0 Å². The second-order valence-electron chi connectivity index (χ2n) is 30.0. The third-order valence-corrected chi connectivity index (χ3v) is 21.2. The third-order valence-electron chi connectivity index (χ3n) is 19.3. The first kappa shape index (κ1) is 99.1. The zero-order valence-electron chi connectivity index (χ0n) is 66.1. The second kappa shape index (κ2) is 74.9. The lowest BCUT2D eigenvalue weighted by Gasteiger charge is -2.21. The molecule has 0 bridgehead atoms. The first-order valence-corrected chi connectivity index (χ1v) is 45.6. The molecule has 0 spiro atoms. The number of esters is 4. The maximum Gasteiger partial charge on any atom is 0.472 e. The first-order valence-electron chi connectivity index (χ1n) is 42.6. The second-order valence-corrected chi connectivity index (χ2v) is 32.9. The van der Waals surface area contributed by atoms with Gasteiger partial charge in [0.1, 0.15) is 19.3 Å². The van der Waals surface area contributed by atoms with E-state index in [0.717, 1.165) is 95.8 Å². The minimum atomic E-state index is -4.96. The van der Waals surface area contributed by atoms with Crippen LogP contribution in [0.2, 0.25) is 0 Å².